The Morgan fingerprint density at radius 1 is 1.23 bits per heavy atom. The molecular formula is C18H24N2OS. The second-order valence-electron chi connectivity index (χ2n) is 5.37. The molecule has 0 spiro atoms. The Hall–Kier alpha value is -1.65. The maximum atomic E-state index is 12.3. The minimum absolute atomic E-state index is 0.0977. The van der Waals surface area contributed by atoms with Gasteiger partial charge in [-0.2, -0.15) is 0 Å². The van der Waals surface area contributed by atoms with Crippen LogP contribution in [0.1, 0.15) is 47.8 Å². The summed E-state index contributed by atoms with van der Waals surface area (Å²) in [6.45, 7) is 4.30. The molecule has 1 heterocycles. The van der Waals surface area contributed by atoms with E-state index in [4.69, 9.17) is 5.84 Å². The van der Waals surface area contributed by atoms with Crippen LogP contribution < -0.4 is 11.3 Å². The lowest BCUT2D eigenvalue weighted by Crippen LogP contribution is -2.35. The summed E-state index contributed by atoms with van der Waals surface area (Å²) < 4.78 is 0. The summed E-state index contributed by atoms with van der Waals surface area (Å²) in [4.78, 5) is 13.6. The third-order valence-corrected chi connectivity index (χ3v) is 5.07. The second kappa shape index (κ2) is 8.11. The zero-order valence-electron chi connectivity index (χ0n) is 13.3. The number of carbonyl (C=O) groups excluding carboxylic acids is 1. The Bertz CT molecular complexity index is 608. The van der Waals surface area contributed by atoms with Crippen molar-refractivity contribution in [1.82, 2.24) is 5.43 Å². The smallest absolute Gasteiger partial charge is 0.241 e. The number of carbonyl (C=O) groups is 1. The lowest BCUT2D eigenvalue weighted by molar-refractivity contribution is -0.122. The predicted molar refractivity (Wildman–Crippen MR) is 92.9 cm³/mol. The number of nitrogens with one attached hydrogen (secondary N) is 1. The van der Waals surface area contributed by atoms with Crippen LogP contribution >= 0.6 is 11.3 Å². The molecular weight excluding hydrogens is 292 g/mol. The highest BCUT2D eigenvalue weighted by Crippen LogP contribution is 2.29. The molecule has 0 saturated heterocycles. The molecule has 3 nitrogen and oxygen atoms in total. The Kier molecular flexibility index (Phi) is 6.16. The van der Waals surface area contributed by atoms with Crippen molar-refractivity contribution in [1.29, 1.82) is 0 Å². The van der Waals surface area contributed by atoms with Crippen molar-refractivity contribution in [3.8, 4) is 0 Å². The number of aryl methyl sites for hydroxylation is 2. The molecule has 0 aliphatic rings. The highest BCUT2D eigenvalue weighted by molar-refractivity contribution is 7.09. The van der Waals surface area contributed by atoms with E-state index in [9.17, 15) is 4.79 Å². The zero-order chi connectivity index (χ0) is 15.9. The van der Waals surface area contributed by atoms with E-state index in [0.717, 1.165) is 31.2 Å². The summed E-state index contributed by atoms with van der Waals surface area (Å²) in [5, 5.41) is 2.07. The summed E-state index contributed by atoms with van der Waals surface area (Å²) in [7, 11) is 0. The molecule has 1 amide bonds. The van der Waals surface area contributed by atoms with Gasteiger partial charge in [0.15, 0.2) is 0 Å². The first kappa shape index (κ1) is 16.7. The van der Waals surface area contributed by atoms with Crippen LogP contribution in [0.15, 0.2) is 35.7 Å². The molecule has 2 rings (SSSR count). The first-order chi connectivity index (χ1) is 10.7. The van der Waals surface area contributed by atoms with Crippen LogP contribution in [0.2, 0.25) is 0 Å². The lowest BCUT2D eigenvalue weighted by atomic mass is 9.86. The van der Waals surface area contributed by atoms with Crippen LogP contribution in [-0.4, -0.2) is 5.91 Å². The van der Waals surface area contributed by atoms with Crippen molar-refractivity contribution in [3.05, 3.63) is 57.3 Å². The van der Waals surface area contributed by atoms with Gasteiger partial charge in [0, 0.05) is 4.88 Å². The Morgan fingerprint density at radius 3 is 2.64 bits per heavy atom. The molecule has 3 N–H and O–H groups in total. The summed E-state index contributed by atoms with van der Waals surface area (Å²) in [5.41, 5.74) is 6.09. The summed E-state index contributed by atoms with van der Waals surface area (Å²) >= 11 is 1.73. The van der Waals surface area contributed by atoms with Gasteiger partial charge in [0.25, 0.3) is 0 Å². The molecule has 0 aliphatic carbocycles. The summed E-state index contributed by atoms with van der Waals surface area (Å²) in [6, 6.07) is 10.4. The van der Waals surface area contributed by atoms with Crippen LogP contribution in [0.4, 0.5) is 0 Å². The Labute approximate surface area is 136 Å². The van der Waals surface area contributed by atoms with E-state index < -0.39 is 0 Å². The van der Waals surface area contributed by atoms with Gasteiger partial charge in [0.05, 0.1) is 5.92 Å². The summed E-state index contributed by atoms with van der Waals surface area (Å²) in [5.74, 6) is 5.14. The quantitative estimate of drug-likeness (QED) is 0.466. The topological polar surface area (TPSA) is 55.1 Å². The number of rotatable bonds is 7. The molecule has 1 aromatic heterocycles. The molecule has 1 atom stereocenters. The molecule has 4 heteroatoms. The molecule has 0 fully saturated rings. The van der Waals surface area contributed by atoms with Gasteiger partial charge in [-0.05, 0) is 53.8 Å². The SMILES string of the molecule is CCc1cccc(C(CCc2cccs2)C(=O)NN)c1CC. The van der Waals surface area contributed by atoms with Crippen molar-refractivity contribution < 1.29 is 4.79 Å². The average Bonchev–Trinajstić information content (AvgIpc) is 3.07. The Morgan fingerprint density at radius 2 is 2.05 bits per heavy atom. The van der Waals surface area contributed by atoms with Gasteiger partial charge < -0.3 is 0 Å². The highest BCUT2D eigenvalue weighted by Gasteiger charge is 2.23. The van der Waals surface area contributed by atoms with Crippen molar-refractivity contribution >= 4 is 17.2 Å². The Balaban J connectivity index is 2.30. The van der Waals surface area contributed by atoms with Crippen LogP contribution in [0.3, 0.4) is 0 Å². The van der Waals surface area contributed by atoms with E-state index >= 15 is 0 Å². The maximum absolute atomic E-state index is 12.3. The minimum Gasteiger partial charge on any atom is -0.294 e. The second-order valence-corrected chi connectivity index (χ2v) is 6.40. The van der Waals surface area contributed by atoms with Crippen LogP contribution in [0.25, 0.3) is 0 Å². The molecule has 1 unspecified atom stereocenters. The molecule has 0 aliphatic heterocycles. The van der Waals surface area contributed by atoms with Crippen LogP contribution in [0.5, 0.6) is 0 Å². The number of thiophene rings is 1. The van der Waals surface area contributed by atoms with E-state index in [-0.39, 0.29) is 11.8 Å². The molecule has 1 aromatic carbocycles. The number of hydrazine groups is 1. The van der Waals surface area contributed by atoms with E-state index in [1.165, 1.54) is 16.0 Å². The van der Waals surface area contributed by atoms with Crippen LogP contribution in [-0.2, 0) is 24.1 Å². The summed E-state index contributed by atoms with van der Waals surface area (Å²) in [6.07, 6.45) is 3.60. The number of amides is 1. The van der Waals surface area contributed by atoms with Gasteiger partial charge in [-0.15, -0.1) is 11.3 Å². The van der Waals surface area contributed by atoms with Crippen molar-refractivity contribution in [3.63, 3.8) is 0 Å². The molecule has 0 bridgehead atoms. The molecule has 118 valence electrons. The lowest BCUT2D eigenvalue weighted by Gasteiger charge is -2.20. The van der Waals surface area contributed by atoms with E-state index in [0.29, 0.717) is 0 Å². The van der Waals surface area contributed by atoms with Crippen molar-refractivity contribution in [2.45, 2.75) is 45.4 Å². The average molecular weight is 316 g/mol. The number of nitrogens with two attached hydrogens (primary N) is 1. The molecule has 0 saturated carbocycles. The normalized spacial score (nSPS) is 12.1. The van der Waals surface area contributed by atoms with Crippen molar-refractivity contribution in [2.75, 3.05) is 0 Å². The zero-order valence-corrected chi connectivity index (χ0v) is 14.1. The first-order valence-corrected chi connectivity index (χ1v) is 8.72. The number of hydrogen-bond acceptors (Lipinski definition) is 3. The van der Waals surface area contributed by atoms with E-state index in [2.05, 4.69) is 48.9 Å². The monoisotopic (exact) mass is 316 g/mol. The number of benzene rings is 1. The largest absolute Gasteiger partial charge is 0.294 e. The fraction of sp³-hybridized carbons (Fsp3) is 0.389. The van der Waals surface area contributed by atoms with Gasteiger partial charge >= 0.3 is 0 Å². The van der Waals surface area contributed by atoms with Gasteiger partial charge in [-0.1, -0.05) is 38.1 Å². The van der Waals surface area contributed by atoms with Gasteiger partial charge in [0.2, 0.25) is 5.91 Å². The van der Waals surface area contributed by atoms with Gasteiger partial charge in [-0.25, -0.2) is 5.84 Å². The maximum Gasteiger partial charge on any atom is 0.241 e. The van der Waals surface area contributed by atoms with E-state index in [1.807, 2.05) is 6.07 Å². The number of hydrogen-bond donors (Lipinski definition) is 2. The van der Waals surface area contributed by atoms with E-state index in [1.54, 1.807) is 11.3 Å². The molecule has 2 aromatic rings. The molecule has 22 heavy (non-hydrogen) atoms. The minimum atomic E-state index is -0.187. The van der Waals surface area contributed by atoms with Gasteiger partial charge in [-0.3, -0.25) is 10.2 Å². The predicted octanol–water partition coefficient (Wildman–Crippen LogP) is 3.58. The fourth-order valence-corrected chi connectivity index (χ4v) is 3.74. The third-order valence-electron chi connectivity index (χ3n) is 4.14. The molecule has 0 radical (unpaired) electrons. The van der Waals surface area contributed by atoms with Gasteiger partial charge in [0.1, 0.15) is 0 Å². The van der Waals surface area contributed by atoms with Crippen molar-refractivity contribution in [2.24, 2.45) is 5.84 Å². The standard InChI is InChI=1S/C18H24N2OS/c1-3-13-7-5-9-16(15(13)4-2)17(18(21)20-19)11-10-14-8-6-12-22-14/h5-9,12,17H,3-4,10-11,19H2,1-2H3,(H,20,21). The first-order valence-electron chi connectivity index (χ1n) is 7.84. The fourth-order valence-electron chi connectivity index (χ4n) is 3.01. The third kappa shape index (κ3) is 3.76. The van der Waals surface area contributed by atoms with Crippen LogP contribution in [0, 0.1) is 0 Å². The highest BCUT2D eigenvalue weighted by atomic mass is 32.1.